The fraction of sp³-hybridized carbons (Fsp3) is 0.167. The second-order valence-corrected chi connectivity index (χ2v) is 3.74. The molecule has 0 spiro atoms. The highest BCUT2D eigenvalue weighted by molar-refractivity contribution is 5.46. The zero-order valence-corrected chi connectivity index (χ0v) is 9.87. The molecule has 0 aliphatic heterocycles. The average Bonchev–Trinajstić information content (AvgIpc) is 2.31. The monoisotopic (exact) mass is 251 g/mol. The van der Waals surface area contributed by atoms with Crippen molar-refractivity contribution >= 4 is 5.82 Å². The first-order valence-electron chi connectivity index (χ1n) is 5.21. The van der Waals surface area contributed by atoms with Crippen LogP contribution in [0.25, 0.3) is 0 Å². The molecule has 0 fully saturated rings. The fourth-order valence-electron chi connectivity index (χ4n) is 1.39. The van der Waals surface area contributed by atoms with Gasteiger partial charge in [-0.05, 0) is 26.0 Å². The van der Waals surface area contributed by atoms with Crippen LogP contribution in [0.1, 0.15) is 11.4 Å². The summed E-state index contributed by atoms with van der Waals surface area (Å²) in [6.45, 7) is 3.27. The number of rotatable bonds is 2. The highest BCUT2D eigenvalue weighted by Gasteiger charge is 2.13. The number of nitrogens with two attached hydrogens (primary N) is 1. The van der Waals surface area contributed by atoms with E-state index in [1.165, 1.54) is 12.1 Å². The third-order valence-corrected chi connectivity index (χ3v) is 2.37. The van der Waals surface area contributed by atoms with Gasteiger partial charge in [0, 0.05) is 0 Å². The molecule has 0 atom stereocenters. The van der Waals surface area contributed by atoms with Crippen LogP contribution in [0.2, 0.25) is 0 Å². The number of aryl methyl sites for hydroxylation is 1. The van der Waals surface area contributed by atoms with Crippen LogP contribution in [0.4, 0.5) is 14.6 Å². The van der Waals surface area contributed by atoms with E-state index in [9.17, 15) is 8.78 Å². The van der Waals surface area contributed by atoms with E-state index in [0.29, 0.717) is 11.4 Å². The number of hydrogen-bond acceptors (Lipinski definition) is 4. The molecule has 4 nitrogen and oxygen atoms in total. The molecular formula is C12H11F2N3O. The first kappa shape index (κ1) is 12.2. The zero-order chi connectivity index (χ0) is 13.3. The Morgan fingerprint density at radius 2 is 1.89 bits per heavy atom. The third kappa shape index (κ3) is 2.22. The van der Waals surface area contributed by atoms with Crippen LogP contribution in [0.15, 0.2) is 18.2 Å². The Labute approximate surface area is 102 Å². The number of nitrogen functional groups attached to an aromatic ring is 1. The number of anilines is 1. The van der Waals surface area contributed by atoms with Gasteiger partial charge in [0.1, 0.15) is 11.6 Å². The van der Waals surface area contributed by atoms with Crippen LogP contribution < -0.4 is 10.5 Å². The van der Waals surface area contributed by atoms with E-state index >= 15 is 0 Å². The number of halogens is 2. The highest BCUT2D eigenvalue weighted by Crippen LogP contribution is 2.28. The number of ether oxygens (including phenoxy) is 1. The molecule has 0 saturated carbocycles. The summed E-state index contributed by atoms with van der Waals surface area (Å²) in [4.78, 5) is 7.93. The Morgan fingerprint density at radius 1 is 1.17 bits per heavy atom. The Bertz CT molecular complexity index is 602. The van der Waals surface area contributed by atoms with E-state index in [1.54, 1.807) is 13.8 Å². The Kier molecular flexibility index (Phi) is 3.10. The lowest BCUT2D eigenvalue weighted by Crippen LogP contribution is -2.03. The topological polar surface area (TPSA) is 61.0 Å². The summed E-state index contributed by atoms with van der Waals surface area (Å²) in [5, 5.41) is 0. The summed E-state index contributed by atoms with van der Waals surface area (Å²) >= 11 is 0. The second-order valence-electron chi connectivity index (χ2n) is 3.74. The highest BCUT2D eigenvalue weighted by atomic mass is 19.2. The minimum Gasteiger partial charge on any atom is -0.435 e. The second kappa shape index (κ2) is 4.56. The van der Waals surface area contributed by atoms with E-state index in [2.05, 4.69) is 9.97 Å². The third-order valence-electron chi connectivity index (χ3n) is 2.37. The first-order chi connectivity index (χ1) is 8.49. The van der Waals surface area contributed by atoms with Gasteiger partial charge in [-0.15, -0.1) is 0 Å². The van der Waals surface area contributed by atoms with E-state index in [1.807, 2.05) is 0 Å². The quantitative estimate of drug-likeness (QED) is 0.891. The molecule has 2 N–H and O–H groups in total. The molecule has 2 rings (SSSR count). The molecule has 0 amide bonds. The van der Waals surface area contributed by atoms with Crippen LogP contribution in [0.3, 0.4) is 0 Å². The number of hydrogen-bond donors (Lipinski definition) is 1. The van der Waals surface area contributed by atoms with E-state index in [4.69, 9.17) is 10.5 Å². The Balaban J connectivity index is 2.43. The molecule has 0 bridgehead atoms. The Morgan fingerprint density at radius 3 is 2.61 bits per heavy atom. The van der Waals surface area contributed by atoms with E-state index in [-0.39, 0.29) is 17.4 Å². The molecule has 2 aromatic rings. The van der Waals surface area contributed by atoms with Crippen molar-refractivity contribution in [2.24, 2.45) is 0 Å². The van der Waals surface area contributed by atoms with Crippen molar-refractivity contribution in [1.82, 2.24) is 9.97 Å². The molecule has 1 heterocycles. The Hall–Kier alpha value is -2.24. The summed E-state index contributed by atoms with van der Waals surface area (Å²) in [5.41, 5.74) is 6.12. The van der Waals surface area contributed by atoms with Gasteiger partial charge < -0.3 is 10.5 Å². The molecule has 0 saturated heterocycles. The van der Waals surface area contributed by atoms with Gasteiger partial charge in [0.15, 0.2) is 11.6 Å². The van der Waals surface area contributed by atoms with Gasteiger partial charge in [-0.1, -0.05) is 6.07 Å². The maximum atomic E-state index is 13.4. The lowest BCUT2D eigenvalue weighted by Gasteiger charge is -2.10. The molecule has 6 heteroatoms. The minimum atomic E-state index is -1.06. The molecule has 0 unspecified atom stereocenters. The van der Waals surface area contributed by atoms with Gasteiger partial charge in [-0.3, -0.25) is 0 Å². The van der Waals surface area contributed by atoms with Crippen molar-refractivity contribution in [3.05, 3.63) is 41.2 Å². The summed E-state index contributed by atoms with van der Waals surface area (Å²) in [5.74, 6) is -1.53. The van der Waals surface area contributed by atoms with Gasteiger partial charge in [0.25, 0.3) is 0 Å². The molecule has 0 aliphatic rings. The smallest absolute Gasteiger partial charge is 0.227 e. The largest absolute Gasteiger partial charge is 0.435 e. The van der Waals surface area contributed by atoms with Crippen LogP contribution in [-0.4, -0.2) is 9.97 Å². The summed E-state index contributed by atoms with van der Waals surface area (Å²) in [6, 6.07) is 3.67. The number of nitrogens with zero attached hydrogens (tertiary/aromatic N) is 2. The molecule has 18 heavy (non-hydrogen) atoms. The first-order valence-corrected chi connectivity index (χ1v) is 5.21. The van der Waals surface area contributed by atoms with Crippen molar-refractivity contribution in [3.8, 4) is 11.6 Å². The maximum Gasteiger partial charge on any atom is 0.227 e. The molecule has 94 valence electrons. The van der Waals surface area contributed by atoms with Gasteiger partial charge in [0.05, 0.1) is 5.56 Å². The van der Waals surface area contributed by atoms with E-state index in [0.717, 1.165) is 6.07 Å². The van der Waals surface area contributed by atoms with Crippen molar-refractivity contribution in [1.29, 1.82) is 0 Å². The standard InChI is InChI=1S/C12H11F2N3O/c1-6-11(15)16-7(2)17-12(6)18-9-5-3-4-8(13)10(9)14/h3-5H,1-2H3,(H2,15,16,17). The summed E-state index contributed by atoms with van der Waals surface area (Å²) in [6.07, 6.45) is 0. The molecule has 1 aromatic heterocycles. The van der Waals surface area contributed by atoms with Crippen molar-refractivity contribution < 1.29 is 13.5 Å². The number of aromatic nitrogens is 2. The van der Waals surface area contributed by atoms with Gasteiger partial charge >= 0.3 is 0 Å². The molecule has 0 radical (unpaired) electrons. The van der Waals surface area contributed by atoms with Gasteiger partial charge in [0.2, 0.25) is 11.7 Å². The normalized spacial score (nSPS) is 10.4. The van der Waals surface area contributed by atoms with Crippen molar-refractivity contribution in [2.75, 3.05) is 5.73 Å². The van der Waals surface area contributed by atoms with Crippen LogP contribution in [-0.2, 0) is 0 Å². The molecule has 0 aliphatic carbocycles. The van der Waals surface area contributed by atoms with Crippen LogP contribution in [0.5, 0.6) is 11.6 Å². The summed E-state index contributed by atoms with van der Waals surface area (Å²) < 4.78 is 31.7. The fourth-order valence-corrected chi connectivity index (χ4v) is 1.39. The van der Waals surface area contributed by atoms with Crippen LogP contribution >= 0.6 is 0 Å². The van der Waals surface area contributed by atoms with E-state index < -0.39 is 11.6 Å². The van der Waals surface area contributed by atoms with Crippen molar-refractivity contribution in [3.63, 3.8) is 0 Å². The minimum absolute atomic E-state index is 0.115. The number of benzene rings is 1. The lowest BCUT2D eigenvalue weighted by molar-refractivity contribution is 0.402. The average molecular weight is 251 g/mol. The molecular weight excluding hydrogens is 240 g/mol. The maximum absolute atomic E-state index is 13.4. The van der Waals surface area contributed by atoms with Gasteiger partial charge in [-0.2, -0.15) is 9.37 Å². The van der Waals surface area contributed by atoms with Crippen molar-refractivity contribution in [2.45, 2.75) is 13.8 Å². The molecule has 1 aromatic carbocycles. The lowest BCUT2D eigenvalue weighted by atomic mass is 10.3. The zero-order valence-electron chi connectivity index (χ0n) is 9.87. The van der Waals surface area contributed by atoms with Gasteiger partial charge in [-0.25, -0.2) is 9.37 Å². The predicted octanol–water partition coefficient (Wildman–Crippen LogP) is 2.75. The predicted molar refractivity (Wildman–Crippen MR) is 62.4 cm³/mol. The summed E-state index contributed by atoms with van der Waals surface area (Å²) in [7, 11) is 0. The van der Waals surface area contributed by atoms with Crippen LogP contribution in [0, 0.1) is 25.5 Å². The SMILES string of the molecule is Cc1nc(N)c(C)c(Oc2cccc(F)c2F)n1.